The van der Waals surface area contributed by atoms with Crippen molar-refractivity contribution in [3.8, 4) is 11.5 Å². The van der Waals surface area contributed by atoms with E-state index in [1.807, 2.05) is 0 Å². The van der Waals surface area contributed by atoms with Crippen molar-refractivity contribution in [2.45, 2.75) is 12.6 Å². The Kier molecular flexibility index (Phi) is 4.03. The molecular weight excluding hydrogens is 242 g/mol. The second-order valence-corrected chi connectivity index (χ2v) is 3.24. The summed E-state index contributed by atoms with van der Waals surface area (Å²) in [5.41, 5.74) is 5.31. The summed E-state index contributed by atoms with van der Waals surface area (Å²) in [5, 5.41) is 0. The summed E-state index contributed by atoms with van der Waals surface area (Å²) in [5.74, 6) is -0.873. The van der Waals surface area contributed by atoms with E-state index < -0.39 is 25.0 Å². The van der Waals surface area contributed by atoms with Crippen LogP contribution in [-0.4, -0.2) is 19.9 Å². The number of nitrogens with two attached hydrogens (primary N) is 1. The fourth-order valence-electron chi connectivity index (χ4n) is 1.11. The summed E-state index contributed by atoms with van der Waals surface area (Å²) in [6.07, 6.45) is -5.41. The van der Waals surface area contributed by atoms with Crippen molar-refractivity contribution in [3.63, 3.8) is 0 Å². The van der Waals surface area contributed by atoms with Gasteiger partial charge in [-0.25, -0.2) is 4.39 Å². The molecule has 0 aliphatic heterocycles. The van der Waals surface area contributed by atoms with Gasteiger partial charge in [0.05, 0.1) is 25.8 Å². The molecule has 0 aliphatic carbocycles. The Morgan fingerprint density at radius 1 is 1.24 bits per heavy atom. The van der Waals surface area contributed by atoms with Crippen LogP contribution in [0.25, 0.3) is 0 Å². The first-order chi connectivity index (χ1) is 7.83. The molecule has 17 heavy (non-hydrogen) atoms. The Labute approximate surface area is 95.1 Å². The van der Waals surface area contributed by atoms with Crippen molar-refractivity contribution in [1.29, 1.82) is 0 Å². The van der Waals surface area contributed by atoms with Crippen LogP contribution in [0, 0.1) is 5.82 Å². The average Bonchev–Trinajstić information content (AvgIpc) is 2.19. The number of benzene rings is 1. The summed E-state index contributed by atoms with van der Waals surface area (Å²) in [7, 11) is 1.23. The lowest BCUT2D eigenvalue weighted by Gasteiger charge is -2.12. The van der Waals surface area contributed by atoms with E-state index in [1.54, 1.807) is 0 Å². The average molecular weight is 253 g/mol. The Bertz CT molecular complexity index is 393. The molecule has 0 heterocycles. The van der Waals surface area contributed by atoms with Crippen molar-refractivity contribution < 1.29 is 27.0 Å². The van der Waals surface area contributed by atoms with Crippen LogP contribution < -0.4 is 15.2 Å². The number of alkyl halides is 3. The quantitative estimate of drug-likeness (QED) is 0.662. The van der Waals surface area contributed by atoms with Crippen molar-refractivity contribution in [2.24, 2.45) is 0 Å². The highest BCUT2D eigenvalue weighted by molar-refractivity contribution is 5.56. The van der Waals surface area contributed by atoms with Gasteiger partial charge in [0.1, 0.15) is 5.75 Å². The molecule has 0 fully saturated rings. The fraction of sp³-hybridized carbons (Fsp3) is 0.400. The molecule has 0 saturated carbocycles. The number of rotatable bonds is 4. The molecule has 1 rings (SSSR count). The third-order valence-corrected chi connectivity index (χ3v) is 1.93. The lowest BCUT2D eigenvalue weighted by Crippen LogP contribution is -2.13. The molecule has 0 radical (unpaired) electrons. The first-order valence-electron chi connectivity index (χ1n) is 4.66. The summed E-state index contributed by atoms with van der Waals surface area (Å²) < 4.78 is 58.2. The fourth-order valence-corrected chi connectivity index (χ4v) is 1.11. The monoisotopic (exact) mass is 253 g/mol. The topological polar surface area (TPSA) is 44.5 Å². The first-order valence-corrected chi connectivity index (χ1v) is 4.66. The van der Waals surface area contributed by atoms with Crippen molar-refractivity contribution in [2.75, 3.05) is 19.5 Å². The van der Waals surface area contributed by atoms with E-state index in [1.165, 1.54) is 7.11 Å². The lowest BCUT2D eigenvalue weighted by atomic mass is 10.2. The molecule has 0 amide bonds. The van der Waals surface area contributed by atoms with E-state index in [9.17, 15) is 17.6 Å². The number of nitrogen functional groups attached to an aromatic ring is 1. The van der Waals surface area contributed by atoms with Crippen molar-refractivity contribution in [1.82, 2.24) is 0 Å². The lowest BCUT2D eigenvalue weighted by molar-refractivity contribution is -0.139. The Balaban J connectivity index is 2.71. The normalized spacial score (nSPS) is 11.4. The third-order valence-electron chi connectivity index (χ3n) is 1.93. The Morgan fingerprint density at radius 2 is 1.88 bits per heavy atom. The maximum atomic E-state index is 13.1. The van der Waals surface area contributed by atoms with E-state index in [2.05, 4.69) is 4.74 Å². The van der Waals surface area contributed by atoms with Gasteiger partial charge in [0.25, 0.3) is 0 Å². The molecule has 96 valence electrons. The van der Waals surface area contributed by atoms with E-state index in [0.29, 0.717) is 0 Å². The van der Waals surface area contributed by atoms with Crippen LogP contribution in [0.4, 0.5) is 23.2 Å². The minimum Gasteiger partial charge on any atom is -0.494 e. The zero-order chi connectivity index (χ0) is 13.1. The number of anilines is 1. The van der Waals surface area contributed by atoms with Crippen LogP contribution in [0.3, 0.4) is 0 Å². The van der Waals surface area contributed by atoms with Gasteiger partial charge in [-0.15, -0.1) is 0 Å². The number of ether oxygens (including phenoxy) is 2. The van der Waals surface area contributed by atoms with Gasteiger partial charge in [0, 0.05) is 12.1 Å². The molecule has 0 aromatic heterocycles. The van der Waals surface area contributed by atoms with Crippen LogP contribution in [0.1, 0.15) is 6.42 Å². The minimum absolute atomic E-state index is 0.0347. The van der Waals surface area contributed by atoms with Crippen LogP contribution in [0.5, 0.6) is 11.5 Å². The van der Waals surface area contributed by atoms with Crippen molar-refractivity contribution >= 4 is 5.69 Å². The van der Waals surface area contributed by atoms with Gasteiger partial charge in [0.15, 0.2) is 11.6 Å². The summed E-state index contributed by atoms with van der Waals surface area (Å²) >= 11 is 0. The number of methoxy groups -OCH3 is 1. The van der Waals surface area contributed by atoms with E-state index in [0.717, 1.165) is 12.1 Å². The highest BCUT2D eigenvalue weighted by Gasteiger charge is 2.27. The van der Waals surface area contributed by atoms with Gasteiger partial charge < -0.3 is 15.2 Å². The summed E-state index contributed by atoms with van der Waals surface area (Å²) in [4.78, 5) is 0. The highest BCUT2D eigenvalue weighted by atomic mass is 19.4. The minimum atomic E-state index is -4.31. The number of halogens is 4. The number of hydrogen-bond donors (Lipinski definition) is 1. The largest absolute Gasteiger partial charge is 0.494 e. The Morgan fingerprint density at radius 3 is 2.41 bits per heavy atom. The molecule has 1 aromatic carbocycles. The molecule has 0 bridgehead atoms. The van der Waals surface area contributed by atoms with Crippen LogP contribution >= 0.6 is 0 Å². The second kappa shape index (κ2) is 5.11. The second-order valence-electron chi connectivity index (χ2n) is 3.24. The molecule has 0 unspecified atom stereocenters. The standard InChI is InChI=1S/C10H11F4NO2/c1-16-8-5-9(7(15)4-6(8)11)17-3-2-10(12,13)14/h4-5H,2-3,15H2,1H3. The molecule has 7 heteroatoms. The molecule has 1 aromatic rings. The summed E-state index contributed by atoms with van der Waals surface area (Å²) in [6.45, 7) is -0.581. The summed E-state index contributed by atoms with van der Waals surface area (Å²) in [6, 6.07) is 2.04. The van der Waals surface area contributed by atoms with E-state index in [4.69, 9.17) is 10.5 Å². The van der Waals surface area contributed by atoms with Crippen LogP contribution in [-0.2, 0) is 0 Å². The number of hydrogen-bond acceptors (Lipinski definition) is 3. The third kappa shape index (κ3) is 4.01. The molecule has 3 nitrogen and oxygen atoms in total. The predicted octanol–water partition coefficient (Wildman–Crippen LogP) is 2.75. The van der Waals surface area contributed by atoms with E-state index in [-0.39, 0.29) is 17.2 Å². The SMILES string of the molecule is COc1cc(OCCC(F)(F)F)c(N)cc1F. The maximum absolute atomic E-state index is 13.1. The molecule has 0 spiro atoms. The van der Waals surface area contributed by atoms with Gasteiger partial charge in [-0.05, 0) is 0 Å². The van der Waals surface area contributed by atoms with Crippen molar-refractivity contribution in [3.05, 3.63) is 17.9 Å². The van der Waals surface area contributed by atoms with Crippen LogP contribution in [0.2, 0.25) is 0 Å². The van der Waals surface area contributed by atoms with Gasteiger partial charge in [-0.1, -0.05) is 0 Å². The van der Waals surface area contributed by atoms with E-state index >= 15 is 0 Å². The molecular formula is C10H11F4NO2. The van der Waals surface area contributed by atoms with Gasteiger partial charge in [0.2, 0.25) is 0 Å². The van der Waals surface area contributed by atoms with Gasteiger partial charge in [-0.2, -0.15) is 13.2 Å². The van der Waals surface area contributed by atoms with Crippen LogP contribution in [0.15, 0.2) is 12.1 Å². The zero-order valence-electron chi connectivity index (χ0n) is 8.97. The highest BCUT2D eigenvalue weighted by Crippen LogP contribution is 2.30. The molecule has 2 N–H and O–H groups in total. The molecule has 0 saturated heterocycles. The van der Waals surface area contributed by atoms with Gasteiger partial charge >= 0.3 is 6.18 Å². The first kappa shape index (κ1) is 13.4. The smallest absolute Gasteiger partial charge is 0.392 e. The molecule has 0 atom stereocenters. The van der Waals surface area contributed by atoms with Gasteiger partial charge in [-0.3, -0.25) is 0 Å². The molecule has 0 aliphatic rings. The maximum Gasteiger partial charge on any atom is 0.392 e. The Hall–Kier alpha value is -1.66. The zero-order valence-corrected chi connectivity index (χ0v) is 8.97. The predicted molar refractivity (Wildman–Crippen MR) is 53.5 cm³/mol.